The summed E-state index contributed by atoms with van der Waals surface area (Å²) in [5.74, 6) is -0.144. The molecule has 0 atom stereocenters. The minimum absolute atomic E-state index is 0.144. The third-order valence-corrected chi connectivity index (χ3v) is 7.63. The second-order valence-corrected chi connectivity index (χ2v) is 9.61. The molecular weight excluding hydrogens is 356 g/mol. The first kappa shape index (κ1) is 18.1. The van der Waals surface area contributed by atoms with Gasteiger partial charge in [0.1, 0.15) is 4.21 Å². The van der Waals surface area contributed by atoms with Crippen LogP contribution >= 0.6 is 11.3 Å². The summed E-state index contributed by atoms with van der Waals surface area (Å²) in [4.78, 5) is 12.9. The zero-order chi connectivity index (χ0) is 17.9. The molecule has 0 spiro atoms. The van der Waals surface area contributed by atoms with Gasteiger partial charge in [-0.25, -0.2) is 8.42 Å². The van der Waals surface area contributed by atoms with E-state index in [1.54, 1.807) is 16.4 Å². The molecule has 1 aliphatic heterocycles. The van der Waals surface area contributed by atoms with Crippen LogP contribution in [0.4, 0.5) is 5.69 Å². The van der Waals surface area contributed by atoms with Crippen molar-refractivity contribution < 1.29 is 13.2 Å². The van der Waals surface area contributed by atoms with E-state index in [2.05, 4.69) is 5.32 Å². The highest BCUT2D eigenvalue weighted by Gasteiger charge is 2.27. The van der Waals surface area contributed by atoms with Crippen molar-refractivity contribution in [2.75, 3.05) is 18.4 Å². The molecule has 0 unspecified atom stereocenters. The number of carbonyl (C=O) groups excluding carboxylic acids is 1. The lowest BCUT2D eigenvalue weighted by Crippen LogP contribution is -2.35. The van der Waals surface area contributed by atoms with Crippen LogP contribution in [0.3, 0.4) is 0 Å². The van der Waals surface area contributed by atoms with Crippen LogP contribution in [0.15, 0.2) is 40.6 Å². The third kappa shape index (κ3) is 4.48. The summed E-state index contributed by atoms with van der Waals surface area (Å²) < 4.78 is 27.2. The Morgan fingerprint density at radius 2 is 1.92 bits per heavy atom. The lowest BCUT2D eigenvalue weighted by molar-refractivity contribution is -0.115. The predicted molar refractivity (Wildman–Crippen MR) is 100 cm³/mol. The standard InChI is InChI=1S/C18H22N2O3S2/c1-14-6-5-7-15(12-14)19-17(21)13-16-8-9-18(24-16)25(22,23)20-10-3-2-4-11-20/h5-9,12H,2-4,10-11,13H2,1H3,(H,19,21). The molecule has 1 amide bonds. The van der Waals surface area contributed by atoms with Crippen LogP contribution in [0.2, 0.25) is 0 Å². The first-order valence-corrected chi connectivity index (χ1v) is 10.7. The lowest BCUT2D eigenvalue weighted by Gasteiger charge is -2.25. The van der Waals surface area contributed by atoms with E-state index in [1.807, 2.05) is 31.2 Å². The maximum absolute atomic E-state index is 12.7. The maximum Gasteiger partial charge on any atom is 0.252 e. The van der Waals surface area contributed by atoms with E-state index in [9.17, 15) is 13.2 Å². The van der Waals surface area contributed by atoms with Crippen molar-refractivity contribution in [3.05, 3.63) is 46.8 Å². The van der Waals surface area contributed by atoms with E-state index in [0.29, 0.717) is 17.3 Å². The lowest BCUT2D eigenvalue weighted by atomic mass is 10.2. The average Bonchev–Trinajstić information content (AvgIpc) is 3.05. The fraction of sp³-hybridized carbons (Fsp3) is 0.389. The summed E-state index contributed by atoms with van der Waals surface area (Å²) in [5, 5.41) is 2.85. The van der Waals surface area contributed by atoms with Gasteiger partial charge in [0.25, 0.3) is 10.0 Å². The van der Waals surface area contributed by atoms with Crippen LogP contribution < -0.4 is 5.32 Å². The average molecular weight is 379 g/mol. The van der Waals surface area contributed by atoms with Crippen LogP contribution in [0.5, 0.6) is 0 Å². The highest BCUT2D eigenvalue weighted by atomic mass is 32.2. The number of sulfonamides is 1. The molecule has 3 rings (SSSR count). The van der Waals surface area contributed by atoms with Crippen LogP contribution in [0, 0.1) is 6.92 Å². The van der Waals surface area contributed by atoms with Gasteiger partial charge < -0.3 is 5.32 Å². The molecule has 1 fully saturated rings. The number of nitrogens with zero attached hydrogens (tertiary/aromatic N) is 1. The van der Waals surface area contributed by atoms with Gasteiger partial charge in [-0.3, -0.25) is 4.79 Å². The summed E-state index contributed by atoms with van der Waals surface area (Å²) in [6, 6.07) is 10.9. The fourth-order valence-corrected chi connectivity index (χ4v) is 5.94. The van der Waals surface area contributed by atoms with Crippen molar-refractivity contribution in [2.24, 2.45) is 0 Å². The summed E-state index contributed by atoms with van der Waals surface area (Å²) in [7, 11) is -3.42. The van der Waals surface area contributed by atoms with Crippen molar-refractivity contribution in [1.29, 1.82) is 0 Å². The van der Waals surface area contributed by atoms with Crippen LogP contribution in [-0.4, -0.2) is 31.7 Å². The molecule has 25 heavy (non-hydrogen) atoms. The number of rotatable bonds is 5. The Balaban J connectivity index is 1.66. The second-order valence-electron chi connectivity index (χ2n) is 6.28. The molecule has 0 aliphatic carbocycles. The molecule has 2 aromatic rings. The Morgan fingerprint density at radius 1 is 1.16 bits per heavy atom. The number of piperidine rings is 1. The summed E-state index contributed by atoms with van der Waals surface area (Å²) in [5.41, 5.74) is 1.83. The number of hydrogen-bond donors (Lipinski definition) is 1. The van der Waals surface area contributed by atoms with E-state index in [1.165, 1.54) is 11.3 Å². The number of thiophene rings is 1. The molecule has 1 saturated heterocycles. The molecule has 1 N–H and O–H groups in total. The molecule has 1 aromatic carbocycles. The zero-order valence-electron chi connectivity index (χ0n) is 14.2. The van der Waals surface area contributed by atoms with Crippen LogP contribution in [0.1, 0.15) is 29.7 Å². The number of aryl methyl sites for hydroxylation is 1. The molecule has 1 aromatic heterocycles. The monoisotopic (exact) mass is 378 g/mol. The molecular formula is C18H22N2O3S2. The van der Waals surface area contributed by atoms with Gasteiger partial charge >= 0.3 is 0 Å². The zero-order valence-corrected chi connectivity index (χ0v) is 15.8. The summed E-state index contributed by atoms with van der Waals surface area (Å²) in [6.07, 6.45) is 3.09. The number of nitrogens with one attached hydrogen (secondary N) is 1. The van der Waals surface area contributed by atoms with Crippen molar-refractivity contribution in [1.82, 2.24) is 4.31 Å². The first-order chi connectivity index (χ1) is 11.9. The minimum atomic E-state index is -3.42. The quantitative estimate of drug-likeness (QED) is 0.867. The van der Waals surface area contributed by atoms with Gasteiger partial charge in [-0.05, 0) is 49.6 Å². The van der Waals surface area contributed by atoms with Gasteiger partial charge in [-0.1, -0.05) is 18.6 Å². The molecule has 5 nitrogen and oxygen atoms in total. The number of anilines is 1. The van der Waals surface area contributed by atoms with Crippen molar-refractivity contribution >= 4 is 33.0 Å². The van der Waals surface area contributed by atoms with Crippen molar-refractivity contribution in [3.63, 3.8) is 0 Å². The third-order valence-electron chi connectivity index (χ3n) is 4.18. The SMILES string of the molecule is Cc1cccc(NC(=O)Cc2ccc(S(=O)(=O)N3CCCCC3)s2)c1. The Hall–Kier alpha value is -1.70. The van der Waals surface area contributed by atoms with Gasteiger partial charge in [-0.2, -0.15) is 4.31 Å². The second kappa shape index (κ2) is 7.68. The molecule has 7 heteroatoms. The molecule has 2 heterocycles. The smallest absolute Gasteiger partial charge is 0.252 e. The van der Waals surface area contributed by atoms with Crippen LogP contribution in [-0.2, 0) is 21.2 Å². The number of benzene rings is 1. The van der Waals surface area contributed by atoms with Crippen LogP contribution in [0.25, 0.3) is 0 Å². The number of amides is 1. The van der Waals surface area contributed by atoms with Gasteiger partial charge in [0.15, 0.2) is 0 Å². The largest absolute Gasteiger partial charge is 0.326 e. The fourth-order valence-electron chi connectivity index (χ4n) is 2.91. The highest BCUT2D eigenvalue weighted by Crippen LogP contribution is 2.27. The normalized spacial score (nSPS) is 15.9. The Kier molecular flexibility index (Phi) is 5.56. The van der Waals surface area contributed by atoms with E-state index in [0.717, 1.165) is 35.4 Å². The molecule has 134 valence electrons. The first-order valence-electron chi connectivity index (χ1n) is 8.40. The summed E-state index contributed by atoms with van der Waals surface area (Å²) in [6.45, 7) is 3.14. The molecule has 0 radical (unpaired) electrons. The van der Waals surface area contributed by atoms with Gasteiger partial charge in [-0.15, -0.1) is 11.3 Å². The molecule has 1 aliphatic rings. The van der Waals surface area contributed by atoms with E-state index in [4.69, 9.17) is 0 Å². The Morgan fingerprint density at radius 3 is 2.64 bits per heavy atom. The van der Waals surface area contributed by atoms with Gasteiger partial charge in [0, 0.05) is 23.7 Å². The van der Waals surface area contributed by atoms with Crippen molar-refractivity contribution in [2.45, 2.75) is 36.8 Å². The number of hydrogen-bond acceptors (Lipinski definition) is 4. The van der Waals surface area contributed by atoms with E-state index >= 15 is 0 Å². The van der Waals surface area contributed by atoms with E-state index < -0.39 is 10.0 Å². The predicted octanol–water partition coefficient (Wildman–Crippen LogP) is 3.41. The molecule has 0 saturated carbocycles. The van der Waals surface area contributed by atoms with Gasteiger partial charge in [0.05, 0.1) is 6.42 Å². The summed E-state index contributed by atoms with van der Waals surface area (Å²) >= 11 is 1.19. The maximum atomic E-state index is 12.7. The number of carbonyl (C=O) groups is 1. The van der Waals surface area contributed by atoms with Crippen molar-refractivity contribution in [3.8, 4) is 0 Å². The minimum Gasteiger partial charge on any atom is -0.326 e. The Bertz CT molecular complexity index is 853. The van der Waals surface area contributed by atoms with Gasteiger partial charge in [0.2, 0.25) is 5.91 Å². The Labute approximate surface area is 152 Å². The topological polar surface area (TPSA) is 66.5 Å². The highest BCUT2D eigenvalue weighted by molar-refractivity contribution is 7.91. The van der Waals surface area contributed by atoms with E-state index in [-0.39, 0.29) is 12.3 Å². The molecule has 0 bridgehead atoms.